The topological polar surface area (TPSA) is 33.3 Å². The molecule has 0 amide bonds. The molecule has 0 atom stereocenters. The highest BCUT2D eigenvalue weighted by Gasteiger charge is 2.16. The maximum Gasteiger partial charge on any atom is 0.271 e. The molecule has 106 valence electrons. The lowest BCUT2D eigenvalue weighted by Crippen LogP contribution is -2.35. The van der Waals surface area contributed by atoms with Crippen molar-refractivity contribution in [2.75, 3.05) is 0 Å². The monoisotopic (exact) mass is 292 g/mol. The number of nitrogens with zero attached hydrogens (tertiary/aromatic N) is 1. The van der Waals surface area contributed by atoms with E-state index in [2.05, 4.69) is 20.8 Å². The van der Waals surface area contributed by atoms with Crippen LogP contribution in [0.25, 0.3) is 0 Å². The lowest BCUT2D eigenvalue weighted by molar-refractivity contribution is -0.910. The Morgan fingerprint density at radius 1 is 1.20 bits per heavy atom. The normalized spacial score (nSPS) is 11.4. The molecule has 0 bridgehead atoms. The first-order valence-electron chi connectivity index (χ1n) is 6.49. The van der Waals surface area contributed by atoms with Crippen LogP contribution in [0, 0.1) is 0 Å². The van der Waals surface area contributed by atoms with Gasteiger partial charge in [0.25, 0.3) is 5.69 Å². The average molecular weight is 293 g/mol. The fourth-order valence-electron chi connectivity index (χ4n) is 1.82. The van der Waals surface area contributed by atoms with Gasteiger partial charge in [-0.2, -0.15) is 0 Å². The molecule has 20 heavy (non-hydrogen) atoms. The van der Waals surface area contributed by atoms with E-state index in [9.17, 15) is 5.21 Å². The maximum absolute atomic E-state index is 9.61. The minimum Gasteiger partial charge on any atom is -0.481 e. The summed E-state index contributed by atoms with van der Waals surface area (Å²) in [6.07, 6.45) is 1.56. The first-order chi connectivity index (χ1) is 9.38. The van der Waals surface area contributed by atoms with Crippen molar-refractivity contribution in [3.05, 3.63) is 58.9 Å². The van der Waals surface area contributed by atoms with Crippen LogP contribution in [0.15, 0.2) is 42.6 Å². The molecule has 1 aromatic heterocycles. The van der Waals surface area contributed by atoms with Crippen molar-refractivity contribution in [3.8, 4) is 5.75 Å². The summed E-state index contributed by atoms with van der Waals surface area (Å²) in [5.41, 5.74) is 1.87. The third kappa shape index (κ3) is 3.42. The molecule has 0 saturated heterocycles. The van der Waals surface area contributed by atoms with Gasteiger partial charge in [0, 0.05) is 16.9 Å². The summed E-state index contributed by atoms with van der Waals surface area (Å²) in [4.78, 5) is 0. The molecule has 0 aliphatic carbocycles. The van der Waals surface area contributed by atoms with E-state index in [-0.39, 0.29) is 12.0 Å². The zero-order chi connectivity index (χ0) is 14.8. The lowest BCUT2D eigenvalue weighted by atomic mass is 9.87. The molecular formula is C16H19ClNO2+. The van der Waals surface area contributed by atoms with E-state index in [1.807, 2.05) is 24.3 Å². The Balaban J connectivity index is 2.13. The van der Waals surface area contributed by atoms with Crippen molar-refractivity contribution in [2.24, 2.45) is 0 Å². The molecular weight excluding hydrogens is 274 g/mol. The molecule has 1 N–H and O–H groups in total. The second kappa shape index (κ2) is 5.71. The van der Waals surface area contributed by atoms with E-state index in [1.165, 1.54) is 0 Å². The molecule has 1 heterocycles. The summed E-state index contributed by atoms with van der Waals surface area (Å²) in [7, 11) is 0. The van der Waals surface area contributed by atoms with E-state index < -0.39 is 0 Å². The Bertz CT molecular complexity index is 606. The van der Waals surface area contributed by atoms with Gasteiger partial charge < -0.3 is 4.74 Å². The summed E-state index contributed by atoms with van der Waals surface area (Å²) in [6, 6.07) is 11.2. The van der Waals surface area contributed by atoms with E-state index in [1.54, 1.807) is 18.3 Å². The van der Waals surface area contributed by atoms with Gasteiger partial charge in [0.15, 0.2) is 6.61 Å². The van der Waals surface area contributed by atoms with Gasteiger partial charge >= 0.3 is 0 Å². The van der Waals surface area contributed by atoms with E-state index in [0.717, 1.165) is 10.3 Å². The van der Waals surface area contributed by atoms with Crippen LogP contribution in [0.3, 0.4) is 0 Å². The van der Waals surface area contributed by atoms with Gasteiger partial charge in [0.05, 0.1) is 5.02 Å². The molecule has 0 aliphatic rings. The quantitative estimate of drug-likeness (QED) is 0.690. The van der Waals surface area contributed by atoms with Crippen LogP contribution in [-0.2, 0) is 12.0 Å². The van der Waals surface area contributed by atoms with Gasteiger partial charge in [-0.1, -0.05) is 38.4 Å². The molecule has 0 saturated carbocycles. The van der Waals surface area contributed by atoms with Crippen molar-refractivity contribution >= 4 is 11.6 Å². The third-order valence-corrected chi connectivity index (χ3v) is 3.39. The lowest BCUT2D eigenvalue weighted by Gasteiger charge is -2.20. The predicted molar refractivity (Wildman–Crippen MR) is 78.3 cm³/mol. The molecule has 0 spiro atoms. The largest absolute Gasteiger partial charge is 0.481 e. The van der Waals surface area contributed by atoms with E-state index >= 15 is 0 Å². The number of benzene rings is 1. The SMILES string of the molecule is CC(C)(C)c1ccc(OCc2cccc[n+]2O)c(Cl)c1. The van der Waals surface area contributed by atoms with Crippen LogP contribution in [0.4, 0.5) is 0 Å². The zero-order valence-electron chi connectivity index (χ0n) is 11.9. The van der Waals surface area contributed by atoms with Crippen LogP contribution < -0.4 is 9.47 Å². The molecule has 1 aromatic carbocycles. The molecule has 0 aliphatic heterocycles. The van der Waals surface area contributed by atoms with Crippen LogP contribution in [0.5, 0.6) is 5.75 Å². The van der Waals surface area contributed by atoms with Gasteiger partial charge in [-0.25, -0.2) is 0 Å². The summed E-state index contributed by atoms with van der Waals surface area (Å²) < 4.78 is 6.70. The number of hydrogen-bond donors (Lipinski definition) is 1. The van der Waals surface area contributed by atoms with E-state index in [4.69, 9.17) is 16.3 Å². The number of hydrogen-bond acceptors (Lipinski definition) is 2. The molecule has 3 nitrogen and oxygen atoms in total. The smallest absolute Gasteiger partial charge is 0.271 e. The van der Waals surface area contributed by atoms with Crippen molar-refractivity contribution < 1.29 is 14.7 Å². The minimum absolute atomic E-state index is 0.0513. The molecule has 0 unspecified atom stereocenters. The van der Waals surface area contributed by atoms with Crippen LogP contribution in [0.2, 0.25) is 5.02 Å². The molecule has 0 radical (unpaired) electrons. The number of aromatic nitrogens is 1. The number of ether oxygens (including phenoxy) is 1. The minimum atomic E-state index is 0.0513. The average Bonchev–Trinajstić information content (AvgIpc) is 2.38. The highest BCUT2D eigenvalue weighted by atomic mass is 35.5. The van der Waals surface area contributed by atoms with E-state index in [0.29, 0.717) is 16.5 Å². The molecule has 4 heteroatoms. The Morgan fingerprint density at radius 3 is 2.55 bits per heavy atom. The van der Waals surface area contributed by atoms with Crippen molar-refractivity contribution in [1.82, 2.24) is 0 Å². The first kappa shape index (κ1) is 14.7. The van der Waals surface area contributed by atoms with Crippen molar-refractivity contribution in [3.63, 3.8) is 0 Å². The highest BCUT2D eigenvalue weighted by Crippen LogP contribution is 2.31. The Kier molecular flexibility index (Phi) is 4.19. The summed E-state index contributed by atoms with van der Waals surface area (Å²) in [6.45, 7) is 6.67. The predicted octanol–water partition coefficient (Wildman–Crippen LogP) is 3.74. The summed E-state index contributed by atoms with van der Waals surface area (Å²) in [5, 5.41) is 10.2. The number of rotatable bonds is 3. The van der Waals surface area contributed by atoms with Crippen molar-refractivity contribution in [2.45, 2.75) is 32.8 Å². The second-order valence-electron chi connectivity index (χ2n) is 5.72. The van der Waals surface area contributed by atoms with Crippen molar-refractivity contribution in [1.29, 1.82) is 0 Å². The number of pyridine rings is 1. The Morgan fingerprint density at radius 2 is 1.95 bits per heavy atom. The molecule has 2 rings (SSSR count). The van der Waals surface area contributed by atoms with Gasteiger partial charge in [-0.05, 0) is 29.2 Å². The standard InChI is InChI=1S/C16H19ClNO2/c1-16(2,3)12-7-8-15(14(17)10-12)20-11-13-6-4-5-9-18(13)19/h4-10,19H,11H2,1-3H3/q+1. The Labute approximate surface area is 124 Å². The van der Waals surface area contributed by atoms with Crippen LogP contribution >= 0.6 is 11.6 Å². The van der Waals surface area contributed by atoms with Crippen LogP contribution in [0.1, 0.15) is 32.0 Å². The first-order valence-corrected chi connectivity index (χ1v) is 6.87. The van der Waals surface area contributed by atoms with Gasteiger partial charge in [0.2, 0.25) is 6.20 Å². The number of halogens is 1. The summed E-state index contributed by atoms with van der Waals surface area (Å²) in [5.74, 6) is 0.614. The zero-order valence-corrected chi connectivity index (χ0v) is 12.7. The van der Waals surface area contributed by atoms with Gasteiger partial charge in [-0.15, -0.1) is 0 Å². The molecule has 2 aromatic rings. The fourth-order valence-corrected chi connectivity index (χ4v) is 2.06. The molecule has 0 fully saturated rings. The maximum atomic E-state index is 9.61. The fraction of sp³-hybridized carbons (Fsp3) is 0.312. The third-order valence-electron chi connectivity index (χ3n) is 3.09. The highest BCUT2D eigenvalue weighted by molar-refractivity contribution is 6.32. The van der Waals surface area contributed by atoms with Gasteiger partial charge in [0.1, 0.15) is 5.75 Å². The second-order valence-corrected chi connectivity index (χ2v) is 6.13. The van der Waals surface area contributed by atoms with Gasteiger partial charge in [-0.3, -0.25) is 5.21 Å². The Hall–Kier alpha value is -1.74. The van der Waals surface area contributed by atoms with Crippen LogP contribution in [-0.4, -0.2) is 5.21 Å². The summed E-state index contributed by atoms with van der Waals surface area (Å²) >= 11 is 6.25.